The molecule has 0 aliphatic carbocycles. The fourth-order valence-corrected chi connectivity index (χ4v) is 4.12. The van der Waals surface area contributed by atoms with Gasteiger partial charge >= 0.3 is 0 Å². The lowest BCUT2D eigenvalue weighted by atomic mass is 10.1. The number of nitrogens with zero attached hydrogens (tertiary/aromatic N) is 3. The Morgan fingerprint density at radius 2 is 1.88 bits per heavy atom. The Morgan fingerprint density at radius 3 is 2.62 bits per heavy atom. The van der Waals surface area contributed by atoms with E-state index in [1.54, 1.807) is 34.0 Å². The van der Waals surface area contributed by atoms with Crippen LogP contribution in [-0.2, 0) is 22.7 Å². The number of halogens is 1. The maximum absolute atomic E-state index is 13.5. The largest absolute Gasteiger partial charge is 0.467 e. The zero-order valence-corrected chi connectivity index (χ0v) is 18.4. The van der Waals surface area contributed by atoms with E-state index in [1.807, 2.05) is 42.6 Å². The summed E-state index contributed by atoms with van der Waals surface area (Å²) < 4.78 is 20.5. The van der Waals surface area contributed by atoms with Crippen molar-refractivity contribution < 1.29 is 18.4 Å². The lowest BCUT2D eigenvalue weighted by Crippen LogP contribution is -2.32. The van der Waals surface area contributed by atoms with E-state index in [0.717, 1.165) is 16.8 Å². The minimum absolute atomic E-state index is 0.0690. The van der Waals surface area contributed by atoms with Gasteiger partial charge in [0.15, 0.2) is 0 Å². The van der Waals surface area contributed by atoms with Crippen molar-refractivity contribution in [1.82, 2.24) is 20.0 Å². The Balaban J connectivity index is 1.31. The van der Waals surface area contributed by atoms with Crippen molar-refractivity contribution in [3.8, 4) is 16.9 Å². The zero-order chi connectivity index (χ0) is 23.5. The van der Waals surface area contributed by atoms with Crippen molar-refractivity contribution in [3.05, 3.63) is 96.3 Å². The second-order valence-electron chi connectivity index (χ2n) is 8.26. The highest BCUT2D eigenvalue weighted by atomic mass is 19.1. The molecule has 7 nitrogen and oxygen atoms in total. The molecule has 1 aliphatic rings. The second kappa shape index (κ2) is 9.35. The minimum atomic E-state index is -0.430. The van der Waals surface area contributed by atoms with E-state index in [-0.39, 0.29) is 30.6 Å². The number of carbonyl (C=O) groups excluding carboxylic acids is 2. The molecule has 34 heavy (non-hydrogen) atoms. The molecule has 0 spiro atoms. The fourth-order valence-electron chi connectivity index (χ4n) is 4.12. The van der Waals surface area contributed by atoms with Gasteiger partial charge < -0.3 is 14.6 Å². The zero-order valence-electron chi connectivity index (χ0n) is 18.4. The lowest BCUT2D eigenvalue weighted by Gasteiger charge is -2.15. The molecule has 2 aromatic carbocycles. The quantitative estimate of drug-likeness (QED) is 0.455. The van der Waals surface area contributed by atoms with Gasteiger partial charge in [-0.05, 0) is 48.5 Å². The lowest BCUT2D eigenvalue weighted by molar-refractivity contribution is -0.129. The molecule has 8 heteroatoms. The van der Waals surface area contributed by atoms with Crippen LogP contribution in [0.1, 0.15) is 17.7 Å². The molecule has 1 N–H and O–H groups in total. The molecule has 0 radical (unpaired) electrons. The molecule has 3 heterocycles. The van der Waals surface area contributed by atoms with Gasteiger partial charge in [-0.15, -0.1) is 0 Å². The van der Waals surface area contributed by atoms with Gasteiger partial charge in [0.1, 0.15) is 11.6 Å². The summed E-state index contributed by atoms with van der Waals surface area (Å²) in [5.74, 6) is -0.327. The Kier molecular flexibility index (Phi) is 5.95. The normalized spacial score (nSPS) is 15.6. The van der Waals surface area contributed by atoms with Crippen LogP contribution in [0.3, 0.4) is 0 Å². The first kappa shape index (κ1) is 21.6. The summed E-state index contributed by atoms with van der Waals surface area (Å²) in [5, 5.41) is 7.65. The van der Waals surface area contributed by atoms with Gasteiger partial charge in [0.25, 0.3) is 0 Å². The van der Waals surface area contributed by atoms with Crippen LogP contribution in [-0.4, -0.2) is 33.0 Å². The van der Waals surface area contributed by atoms with Crippen molar-refractivity contribution in [2.24, 2.45) is 5.92 Å². The number of amides is 2. The third-order valence-corrected chi connectivity index (χ3v) is 5.89. The van der Waals surface area contributed by atoms with Crippen LogP contribution in [0.5, 0.6) is 0 Å². The van der Waals surface area contributed by atoms with Crippen molar-refractivity contribution in [3.63, 3.8) is 0 Å². The molecule has 0 bridgehead atoms. The predicted molar refractivity (Wildman–Crippen MR) is 123 cm³/mol. The average Bonchev–Trinajstić information content (AvgIpc) is 3.60. The molecule has 0 unspecified atom stereocenters. The van der Waals surface area contributed by atoms with Crippen LogP contribution < -0.4 is 5.32 Å². The van der Waals surface area contributed by atoms with Crippen LogP contribution in [0.4, 0.5) is 4.39 Å². The van der Waals surface area contributed by atoms with Crippen LogP contribution in [0.25, 0.3) is 16.9 Å². The summed E-state index contributed by atoms with van der Waals surface area (Å²) in [6.07, 6.45) is 3.59. The van der Waals surface area contributed by atoms with Crippen LogP contribution >= 0.6 is 0 Å². The first-order valence-electron chi connectivity index (χ1n) is 11.0. The maximum Gasteiger partial charge on any atom is 0.225 e. The predicted octanol–water partition coefficient (Wildman–Crippen LogP) is 3.94. The van der Waals surface area contributed by atoms with Crippen molar-refractivity contribution >= 4 is 11.8 Å². The number of benzene rings is 2. The molecule has 2 aromatic heterocycles. The van der Waals surface area contributed by atoms with Crippen LogP contribution in [0, 0.1) is 11.7 Å². The van der Waals surface area contributed by atoms with Gasteiger partial charge in [-0.2, -0.15) is 5.10 Å². The Hall–Kier alpha value is -4.20. The molecule has 1 aliphatic heterocycles. The summed E-state index contributed by atoms with van der Waals surface area (Å²) >= 11 is 0. The van der Waals surface area contributed by atoms with E-state index in [4.69, 9.17) is 9.52 Å². The molecule has 4 aromatic rings. The summed E-state index contributed by atoms with van der Waals surface area (Å²) in [5.41, 5.74) is 3.08. The number of furan rings is 1. The number of aromatic nitrogens is 2. The number of hydrogen-bond acceptors (Lipinski definition) is 4. The van der Waals surface area contributed by atoms with E-state index in [9.17, 15) is 14.0 Å². The van der Waals surface area contributed by atoms with Crippen LogP contribution in [0.15, 0.2) is 83.6 Å². The molecule has 0 saturated carbocycles. The summed E-state index contributed by atoms with van der Waals surface area (Å²) in [4.78, 5) is 26.9. The molecular formula is C26H23FN4O3. The van der Waals surface area contributed by atoms with Gasteiger partial charge in [0.2, 0.25) is 11.8 Å². The van der Waals surface area contributed by atoms with E-state index in [0.29, 0.717) is 24.5 Å². The monoisotopic (exact) mass is 458 g/mol. The third kappa shape index (κ3) is 4.61. The number of likely N-dealkylation sites (tertiary alicyclic amines) is 1. The summed E-state index contributed by atoms with van der Waals surface area (Å²) in [6.45, 7) is 0.939. The molecular weight excluding hydrogens is 435 g/mol. The molecule has 172 valence electrons. The van der Waals surface area contributed by atoms with E-state index < -0.39 is 5.92 Å². The third-order valence-electron chi connectivity index (χ3n) is 5.89. The van der Waals surface area contributed by atoms with E-state index >= 15 is 0 Å². The standard InChI is InChI=1S/C26H23FN4O3/c27-21-10-8-18(9-11-21)25-20(16-31(29-25)22-5-2-1-3-6-22)14-28-26(33)19-13-24(32)30(15-19)17-23-7-4-12-34-23/h1-12,16,19H,13-15,17H2,(H,28,33)/t19-/m0/s1. The van der Waals surface area contributed by atoms with Crippen molar-refractivity contribution in [2.45, 2.75) is 19.5 Å². The Morgan fingerprint density at radius 1 is 1.09 bits per heavy atom. The highest BCUT2D eigenvalue weighted by Gasteiger charge is 2.34. The first-order valence-corrected chi connectivity index (χ1v) is 11.0. The van der Waals surface area contributed by atoms with Crippen molar-refractivity contribution in [2.75, 3.05) is 6.54 Å². The highest BCUT2D eigenvalue weighted by molar-refractivity contribution is 5.89. The van der Waals surface area contributed by atoms with E-state index in [2.05, 4.69) is 5.32 Å². The molecule has 1 saturated heterocycles. The number of para-hydroxylation sites is 1. The Bertz CT molecular complexity index is 1280. The number of rotatable bonds is 7. The highest BCUT2D eigenvalue weighted by Crippen LogP contribution is 2.25. The van der Waals surface area contributed by atoms with Crippen molar-refractivity contribution in [1.29, 1.82) is 0 Å². The molecule has 1 fully saturated rings. The van der Waals surface area contributed by atoms with Gasteiger partial charge in [0, 0.05) is 36.8 Å². The fraction of sp³-hybridized carbons (Fsp3) is 0.192. The Labute approximate surface area is 195 Å². The molecule has 2 amide bonds. The van der Waals surface area contributed by atoms with Gasteiger partial charge in [-0.25, -0.2) is 9.07 Å². The smallest absolute Gasteiger partial charge is 0.225 e. The van der Waals surface area contributed by atoms with Crippen LogP contribution in [0.2, 0.25) is 0 Å². The second-order valence-corrected chi connectivity index (χ2v) is 8.26. The maximum atomic E-state index is 13.5. The minimum Gasteiger partial charge on any atom is -0.467 e. The first-order chi connectivity index (χ1) is 16.6. The van der Waals surface area contributed by atoms with Gasteiger partial charge in [0.05, 0.1) is 30.1 Å². The van der Waals surface area contributed by atoms with E-state index in [1.165, 1.54) is 12.1 Å². The van der Waals surface area contributed by atoms with Gasteiger partial charge in [-0.1, -0.05) is 18.2 Å². The molecule has 5 rings (SSSR count). The molecule has 1 atom stereocenters. The number of nitrogens with one attached hydrogen (secondary N) is 1. The summed E-state index contributed by atoms with van der Waals surface area (Å²) in [6, 6.07) is 19.3. The topological polar surface area (TPSA) is 80.4 Å². The summed E-state index contributed by atoms with van der Waals surface area (Å²) in [7, 11) is 0. The average molecular weight is 458 g/mol. The SMILES string of the molecule is O=C(NCc1cn(-c2ccccc2)nc1-c1ccc(F)cc1)[C@H]1CC(=O)N(Cc2ccco2)C1. The van der Waals surface area contributed by atoms with Gasteiger partial charge in [-0.3, -0.25) is 9.59 Å². The number of hydrogen-bond donors (Lipinski definition) is 1. The number of carbonyl (C=O) groups is 2.